The highest BCUT2D eigenvalue weighted by atomic mass is 16.4. The Labute approximate surface area is 112 Å². The summed E-state index contributed by atoms with van der Waals surface area (Å²) in [6, 6.07) is 9.71. The molecule has 0 aromatic heterocycles. The molecule has 0 fully saturated rings. The molecular formula is C14H19NO4. The second kappa shape index (κ2) is 7.53. The summed E-state index contributed by atoms with van der Waals surface area (Å²) in [5, 5.41) is 17.8. The van der Waals surface area contributed by atoms with Gasteiger partial charge >= 0.3 is 11.9 Å². The zero-order valence-corrected chi connectivity index (χ0v) is 11.0. The van der Waals surface area contributed by atoms with Gasteiger partial charge in [-0.1, -0.05) is 37.3 Å². The molecule has 0 saturated heterocycles. The molecule has 19 heavy (non-hydrogen) atoms. The number of nitrogens with zero attached hydrogens (tertiary/aromatic N) is 1. The SMILES string of the molecule is CCN(Cc1ccccc1)CC(CC(=O)O)C(=O)O. The van der Waals surface area contributed by atoms with Gasteiger partial charge in [-0.15, -0.1) is 0 Å². The molecule has 0 amide bonds. The quantitative estimate of drug-likeness (QED) is 0.747. The van der Waals surface area contributed by atoms with E-state index >= 15 is 0 Å². The highest BCUT2D eigenvalue weighted by molar-refractivity contribution is 5.77. The molecule has 5 heteroatoms. The van der Waals surface area contributed by atoms with Gasteiger partial charge in [-0.25, -0.2) is 0 Å². The van der Waals surface area contributed by atoms with E-state index in [2.05, 4.69) is 0 Å². The number of hydrogen-bond acceptors (Lipinski definition) is 3. The molecule has 1 aromatic rings. The van der Waals surface area contributed by atoms with Crippen molar-refractivity contribution in [2.75, 3.05) is 13.1 Å². The molecule has 1 rings (SSSR count). The van der Waals surface area contributed by atoms with Crippen molar-refractivity contribution in [3.05, 3.63) is 35.9 Å². The third-order valence-corrected chi connectivity index (χ3v) is 2.95. The van der Waals surface area contributed by atoms with Crippen LogP contribution < -0.4 is 0 Å². The first-order chi connectivity index (χ1) is 9.02. The Hall–Kier alpha value is -1.88. The predicted octanol–water partition coefficient (Wildman–Crippen LogP) is 1.68. The van der Waals surface area contributed by atoms with Crippen molar-refractivity contribution in [2.24, 2.45) is 5.92 Å². The first-order valence-corrected chi connectivity index (χ1v) is 6.23. The summed E-state index contributed by atoms with van der Waals surface area (Å²) in [6.45, 7) is 3.48. The molecule has 0 spiro atoms. The van der Waals surface area contributed by atoms with E-state index in [1.54, 1.807) is 0 Å². The van der Waals surface area contributed by atoms with Crippen molar-refractivity contribution >= 4 is 11.9 Å². The summed E-state index contributed by atoms with van der Waals surface area (Å²) in [4.78, 5) is 23.7. The molecule has 104 valence electrons. The van der Waals surface area contributed by atoms with Crippen LogP contribution in [0, 0.1) is 5.92 Å². The maximum absolute atomic E-state index is 11.0. The summed E-state index contributed by atoms with van der Waals surface area (Å²) in [5.74, 6) is -3.02. The molecule has 0 radical (unpaired) electrons. The van der Waals surface area contributed by atoms with Crippen LogP contribution in [0.15, 0.2) is 30.3 Å². The van der Waals surface area contributed by atoms with Crippen molar-refractivity contribution < 1.29 is 19.8 Å². The highest BCUT2D eigenvalue weighted by Gasteiger charge is 2.23. The number of hydrogen-bond donors (Lipinski definition) is 2. The fourth-order valence-electron chi connectivity index (χ4n) is 1.90. The minimum atomic E-state index is -1.08. The largest absolute Gasteiger partial charge is 0.481 e. The minimum Gasteiger partial charge on any atom is -0.481 e. The van der Waals surface area contributed by atoms with E-state index < -0.39 is 17.9 Å². The van der Waals surface area contributed by atoms with Crippen LogP contribution in [0.2, 0.25) is 0 Å². The van der Waals surface area contributed by atoms with Crippen LogP contribution in [0.3, 0.4) is 0 Å². The normalized spacial score (nSPS) is 12.3. The van der Waals surface area contributed by atoms with Gasteiger partial charge in [-0.3, -0.25) is 14.5 Å². The summed E-state index contributed by atoms with van der Waals surface area (Å²) in [5.41, 5.74) is 1.09. The number of carboxylic acid groups (broad SMARTS) is 2. The van der Waals surface area contributed by atoms with Crippen LogP contribution in [0.25, 0.3) is 0 Å². The maximum atomic E-state index is 11.0. The fourth-order valence-corrected chi connectivity index (χ4v) is 1.90. The van der Waals surface area contributed by atoms with E-state index in [-0.39, 0.29) is 13.0 Å². The number of carboxylic acids is 2. The lowest BCUT2D eigenvalue weighted by Gasteiger charge is -2.23. The van der Waals surface area contributed by atoms with Crippen LogP contribution in [0.5, 0.6) is 0 Å². The zero-order chi connectivity index (χ0) is 14.3. The Bertz CT molecular complexity index is 419. The molecule has 1 unspecified atom stereocenters. The molecule has 2 N–H and O–H groups in total. The van der Waals surface area contributed by atoms with Crippen LogP contribution in [0.4, 0.5) is 0 Å². The van der Waals surface area contributed by atoms with Crippen molar-refractivity contribution in [1.29, 1.82) is 0 Å². The topological polar surface area (TPSA) is 77.8 Å². The highest BCUT2D eigenvalue weighted by Crippen LogP contribution is 2.10. The van der Waals surface area contributed by atoms with Gasteiger partial charge in [0.1, 0.15) is 0 Å². The second-order valence-electron chi connectivity index (χ2n) is 4.45. The molecule has 1 atom stereocenters. The maximum Gasteiger partial charge on any atom is 0.308 e. The lowest BCUT2D eigenvalue weighted by molar-refractivity contribution is -0.149. The Kier molecular flexibility index (Phi) is 6.02. The van der Waals surface area contributed by atoms with E-state index in [1.807, 2.05) is 42.2 Å². The summed E-state index contributed by atoms with van der Waals surface area (Å²) < 4.78 is 0. The lowest BCUT2D eigenvalue weighted by atomic mass is 10.0. The predicted molar refractivity (Wildman–Crippen MR) is 70.8 cm³/mol. The Balaban J connectivity index is 2.63. The van der Waals surface area contributed by atoms with Crippen LogP contribution in [-0.4, -0.2) is 40.1 Å². The van der Waals surface area contributed by atoms with Gasteiger partial charge in [-0.05, 0) is 12.1 Å². The second-order valence-corrected chi connectivity index (χ2v) is 4.45. The minimum absolute atomic E-state index is 0.243. The monoisotopic (exact) mass is 265 g/mol. The van der Waals surface area contributed by atoms with Gasteiger partial charge < -0.3 is 10.2 Å². The first kappa shape index (κ1) is 15.2. The van der Waals surface area contributed by atoms with Gasteiger partial charge in [0.05, 0.1) is 12.3 Å². The Morgan fingerprint density at radius 1 is 1.21 bits per heavy atom. The molecule has 5 nitrogen and oxygen atoms in total. The summed E-state index contributed by atoms with van der Waals surface area (Å²) in [6.07, 6.45) is -0.347. The average Bonchev–Trinajstić information content (AvgIpc) is 2.37. The van der Waals surface area contributed by atoms with E-state index in [1.165, 1.54) is 0 Å². The van der Waals surface area contributed by atoms with E-state index in [0.717, 1.165) is 5.56 Å². The third kappa shape index (κ3) is 5.52. The number of benzene rings is 1. The summed E-state index contributed by atoms with van der Waals surface area (Å²) in [7, 11) is 0. The fraction of sp³-hybridized carbons (Fsp3) is 0.429. The van der Waals surface area contributed by atoms with Crippen molar-refractivity contribution in [3.63, 3.8) is 0 Å². The smallest absolute Gasteiger partial charge is 0.308 e. The average molecular weight is 265 g/mol. The lowest BCUT2D eigenvalue weighted by Crippen LogP contribution is -2.34. The zero-order valence-electron chi connectivity index (χ0n) is 11.0. The van der Waals surface area contributed by atoms with Crippen molar-refractivity contribution in [2.45, 2.75) is 19.9 Å². The van der Waals surface area contributed by atoms with Gasteiger partial charge in [0.25, 0.3) is 0 Å². The molecule has 0 saturated carbocycles. The van der Waals surface area contributed by atoms with Gasteiger partial charge in [-0.2, -0.15) is 0 Å². The Morgan fingerprint density at radius 3 is 2.32 bits per heavy atom. The standard InChI is InChI=1S/C14H19NO4/c1-2-15(9-11-6-4-3-5-7-11)10-12(14(18)19)8-13(16)17/h3-7,12H,2,8-10H2,1H3,(H,16,17)(H,18,19). The van der Waals surface area contributed by atoms with E-state index in [9.17, 15) is 9.59 Å². The van der Waals surface area contributed by atoms with E-state index in [0.29, 0.717) is 13.1 Å². The number of carbonyl (C=O) groups is 2. The number of rotatable bonds is 8. The number of aliphatic carboxylic acids is 2. The molecule has 0 heterocycles. The van der Waals surface area contributed by atoms with Crippen molar-refractivity contribution in [1.82, 2.24) is 4.90 Å². The Morgan fingerprint density at radius 2 is 1.84 bits per heavy atom. The molecule has 0 aliphatic carbocycles. The van der Waals surface area contributed by atoms with Crippen LogP contribution in [-0.2, 0) is 16.1 Å². The summed E-state index contributed by atoms with van der Waals surface area (Å²) >= 11 is 0. The van der Waals surface area contributed by atoms with Gasteiger partial charge in [0, 0.05) is 13.1 Å². The van der Waals surface area contributed by atoms with Gasteiger partial charge in [0.2, 0.25) is 0 Å². The molecule has 0 bridgehead atoms. The molecule has 0 aliphatic rings. The molecule has 0 aliphatic heterocycles. The van der Waals surface area contributed by atoms with E-state index in [4.69, 9.17) is 10.2 Å². The third-order valence-electron chi connectivity index (χ3n) is 2.95. The molecular weight excluding hydrogens is 246 g/mol. The van der Waals surface area contributed by atoms with Crippen LogP contribution in [0.1, 0.15) is 18.9 Å². The van der Waals surface area contributed by atoms with Crippen molar-refractivity contribution in [3.8, 4) is 0 Å². The van der Waals surface area contributed by atoms with Gasteiger partial charge in [0.15, 0.2) is 0 Å². The molecule has 1 aromatic carbocycles. The first-order valence-electron chi connectivity index (χ1n) is 6.23. The van der Waals surface area contributed by atoms with Crippen LogP contribution >= 0.6 is 0 Å².